The maximum absolute atomic E-state index is 14.3. The summed E-state index contributed by atoms with van der Waals surface area (Å²) in [4.78, 5) is 1.47. The minimum absolute atomic E-state index is 0.268. The molecule has 0 amide bonds. The molecule has 0 atom stereocenters. The minimum atomic E-state index is -3.42. The van der Waals surface area contributed by atoms with E-state index in [0.29, 0.717) is 36.6 Å². The zero-order chi connectivity index (χ0) is 20.4. The zero-order valence-corrected chi connectivity index (χ0v) is 17.9. The highest BCUT2D eigenvalue weighted by molar-refractivity contribution is 7.99. The van der Waals surface area contributed by atoms with Crippen LogP contribution in [0.3, 0.4) is 0 Å². The van der Waals surface area contributed by atoms with Crippen molar-refractivity contribution in [3.8, 4) is 0 Å². The fourth-order valence-electron chi connectivity index (χ4n) is 3.17. The molecule has 0 radical (unpaired) electrons. The highest BCUT2D eigenvalue weighted by Gasteiger charge is 2.35. The van der Waals surface area contributed by atoms with E-state index in [-0.39, 0.29) is 10.8 Å². The molecule has 1 aliphatic heterocycles. The molecular formula is C19H21ClFNO4S2. The Balaban J connectivity index is 1.87. The molecular weight excluding hydrogens is 425 g/mol. The molecule has 0 saturated carbocycles. The molecule has 1 N–H and O–H groups in total. The van der Waals surface area contributed by atoms with Gasteiger partial charge in [0.2, 0.25) is 10.0 Å². The van der Waals surface area contributed by atoms with Crippen molar-refractivity contribution in [2.75, 3.05) is 31.3 Å². The van der Waals surface area contributed by atoms with Crippen LogP contribution in [0.5, 0.6) is 0 Å². The predicted octanol–water partition coefficient (Wildman–Crippen LogP) is 4.65. The second kappa shape index (κ2) is 8.59. The van der Waals surface area contributed by atoms with Gasteiger partial charge in [-0.1, -0.05) is 23.4 Å². The second-order valence-corrected chi connectivity index (χ2v) is 9.91. The third-order valence-corrected chi connectivity index (χ3v) is 6.42. The van der Waals surface area contributed by atoms with Crippen LogP contribution in [0.15, 0.2) is 46.2 Å². The third kappa shape index (κ3) is 5.18. The van der Waals surface area contributed by atoms with Crippen LogP contribution in [0.2, 0.25) is 5.02 Å². The fourth-order valence-corrected chi connectivity index (χ4v) is 5.04. The number of hydrogen-bond donors (Lipinski definition) is 1. The monoisotopic (exact) mass is 445 g/mol. The van der Waals surface area contributed by atoms with Gasteiger partial charge < -0.3 is 9.47 Å². The lowest BCUT2D eigenvalue weighted by Gasteiger charge is -2.36. The molecule has 0 unspecified atom stereocenters. The van der Waals surface area contributed by atoms with Crippen LogP contribution in [0.4, 0.5) is 10.1 Å². The van der Waals surface area contributed by atoms with Crippen molar-refractivity contribution in [2.45, 2.75) is 28.2 Å². The lowest BCUT2D eigenvalue weighted by Crippen LogP contribution is -2.35. The Morgan fingerprint density at radius 2 is 1.89 bits per heavy atom. The third-order valence-electron chi connectivity index (χ3n) is 4.56. The highest BCUT2D eigenvalue weighted by atomic mass is 35.5. The Morgan fingerprint density at radius 3 is 2.50 bits per heavy atom. The van der Waals surface area contributed by atoms with Gasteiger partial charge in [-0.25, -0.2) is 12.8 Å². The summed E-state index contributed by atoms with van der Waals surface area (Å²) < 4.78 is 50.6. The van der Waals surface area contributed by atoms with E-state index >= 15 is 0 Å². The van der Waals surface area contributed by atoms with Crippen molar-refractivity contribution < 1.29 is 22.3 Å². The summed E-state index contributed by atoms with van der Waals surface area (Å²) in [6.07, 6.45) is 2.38. The number of sulfonamides is 1. The summed E-state index contributed by atoms with van der Waals surface area (Å²) in [5.74, 6) is -0.343. The van der Waals surface area contributed by atoms with Crippen molar-refractivity contribution in [1.82, 2.24) is 0 Å². The lowest BCUT2D eigenvalue weighted by atomic mass is 9.86. The number of nitrogens with one attached hydrogen (secondary N) is 1. The largest absolute Gasteiger partial charge is 0.381 e. The predicted molar refractivity (Wildman–Crippen MR) is 109 cm³/mol. The van der Waals surface area contributed by atoms with Crippen molar-refractivity contribution >= 4 is 39.1 Å². The number of hydrogen-bond acceptors (Lipinski definition) is 5. The van der Waals surface area contributed by atoms with Crippen LogP contribution >= 0.6 is 23.4 Å². The molecule has 2 aromatic rings. The van der Waals surface area contributed by atoms with Crippen LogP contribution in [-0.4, -0.2) is 35.0 Å². The Hall–Kier alpha value is -1.32. The number of rotatable bonds is 6. The molecule has 1 fully saturated rings. The van der Waals surface area contributed by atoms with Crippen LogP contribution < -0.4 is 4.72 Å². The SMILES string of the molecule is COC1(c2cc(F)cc(Sc3ccc(NS(C)(=O)=O)c(Cl)c3)c2)CCOCC1. The van der Waals surface area contributed by atoms with Crippen LogP contribution in [0, 0.1) is 5.82 Å². The van der Waals surface area contributed by atoms with Gasteiger partial charge in [0.15, 0.2) is 0 Å². The number of anilines is 1. The minimum Gasteiger partial charge on any atom is -0.381 e. The van der Waals surface area contributed by atoms with E-state index in [1.807, 2.05) is 6.07 Å². The lowest BCUT2D eigenvalue weighted by molar-refractivity contribution is -0.0950. The molecule has 0 bridgehead atoms. The summed E-state index contributed by atoms with van der Waals surface area (Å²) in [6, 6.07) is 9.83. The van der Waals surface area contributed by atoms with Gasteiger partial charge in [-0.3, -0.25) is 4.72 Å². The van der Waals surface area contributed by atoms with Crippen molar-refractivity contribution in [3.63, 3.8) is 0 Å². The summed E-state index contributed by atoms with van der Waals surface area (Å²) in [5.41, 5.74) is 0.521. The number of halogens is 2. The Labute approximate surface area is 173 Å². The molecule has 152 valence electrons. The standard InChI is InChI=1S/C19H21ClFNO4S2/c1-25-19(5-7-26-8-6-19)13-9-14(21)11-16(10-13)27-15-3-4-18(17(20)12-15)22-28(2,23)24/h3-4,9-12,22H,5-8H2,1-2H3. The number of benzene rings is 2. The summed E-state index contributed by atoms with van der Waals surface area (Å²) in [6.45, 7) is 1.13. The van der Waals surface area contributed by atoms with Gasteiger partial charge in [0.25, 0.3) is 0 Å². The van der Waals surface area contributed by atoms with Gasteiger partial charge in [0, 0.05) is 43.0 Å². The molecule has 9 heteroatoms. The molecule has 0 spiro atoms. The van der Waals surface area contributed by atoms with E-state index in [2.05, 4.69) is 4.72 Å². The van der Waals surface area contributed by atoms with Crippen molar-refractivity contribution in [3.05, 3.63) is 52.8 Å². The van der Waals surface area contributed by atoms with Gasteiger partial charge >= 0.3 is 0 Å². The fraction of sp³-hybridized carbons (Fsp3) is 0.368. The Bertz CT molecular complexity index is 962. The molecule has 2 aromatic carbocycles. The average Bonchev–Trinajstić information content (AvgIpc) is 2.63. The Morgan fingerprint density at radius 1 is 1.18 bits per heavy atom. The van der Waals surface area contributed by atoms with E-state index in [1.165, 1.54) is 23.9 Å². The van der Waals surface area contributed by atoms with Gasteiger partial charge in [0.1, 0.15) is 5.82 Å². The van der Waals surface area contributed by atoms with E-state index < -0.39 is 15.6 Å². The van der Waals surface area contributed by atoms with E-state index in [0.717, 1.165) is 16.7 Å². The van der Waals surface area contributed by atoms with E-state index in [1.54, 1.807) is 25.3 Å². The molecule has 1 aliphatic rings. The molecule has 1 heterocycles. The van der Waals surface area contributed by atoms with E-state index in [9.17, 15) is 12.8 Å². The average molecular weight is 446 g/mol. The van der Waals surface area contributed by atoms with Gasteiger partial charge in [-0.2, -0.15) is 0 Å². The maximum atomic E-state index is 14.3. The quantitative estimate of drug-likeness (QED) is 0.700. The molecule has 5 nitrogen and oxygen atoms in total. The first kappa shape index (κ1) is 21.4. The summed E-state index contributed by atoms with van der Waals surface area (Å²) >= 11 is 7.52. The van der Waals surface area contributed by atoms with Gasteiger partial charge in [-0.05, 0) is 42.0 Å². The Kier molecular flexibility index (Phi) is 6.56. The first-order valence-corrected chi connectivity index (χ1v) is 11.7. The van der Waals surface area contributed by atoms with E-state index in [4.69, 9.17) is 21.1 Å². The van der Waals surface area contributed by atoms with Crippen molar-refractivity contribution in [2.24, 2.45) is 0 Å². The molecule has 0 aromatic heterocycles. The first-order valence-electron chi connectivity index (χ1n) is 8.60. The van der Waals surface area contributed by atoms with Crippen LogP contribution in [0.25, 0.3) is 0 Å². The molecule has 3 rings (SSSR count). The first-order chi connectivity index (χ1) is 13.2. The summed E-state index contributed by atoms with van der Waals surface area (Å²) in [5, 5.41) is 0.268. The normalized spacial score (nSPS) is 16.7. The number of ether oxygens (including phenoxy) is 2. The van der Waals surface area contributed by atoms with Crippen LogP contribution in [-0.2, 0) is 25.1 Å². The second-order valence-electron chi connectivity index (χ2n) is 6.60. The van der Waals surface area contributed by atoms with Gasteiger partial charge in [-0.15, -0.1) is 0 Å². The van der Waals surface area contributed by atoms with Crippen molar-refractivity contribution in [1.29, 1.82) is 0 Å². The number of methoxy groups -OCH3 is 1. The highest BCUT2D eigenvalue weighted by Crippen LogP contribution is 2.39. The zero-order valence-electron chi connectivity index (χ0n) is 15.5. The molecule has 28 heavy (non-hydrogen) atoms. The molecule has 0 aliphatic carbocycles. The topological polar surface area (TPSA) is 64.6 Å². The summed E-state index contributed by atoms with van der Waals surface area (Å²) in [7, 11) is -1.78. The molecule has 1 saturated heterocycles. The maximum Gasteiger partial charge on any atom is 0.229 e. The van der Waals surface area contributed by atoms with Crippen LogP contribution in [0.1, 0.15) is 18.4 Å². The smallest absolute Gasteiger partial charge is 0.229 e. The van der Waals surface area contributed by atoms with Gasteiger partial charge in [0.05, 0.1) is 22.6 Å².